The molecule has 1 aliphatic heterocycles. The van der Waals surface area contributed by atoms with E-state index < -0.39 is 52.5 Å². The summed E-state index contributed by atoms with van der Waals surface area (Å²) in [5, 5.41) is 37.5. The van der Waals surface area contributed by atoms with Crippen molar-refractivity contribution in [3.8, 4) is 0 Å². The Morgan fingerprint density at radius 2 is 1.81 bits per heavy atom. The van der Waals surface area contributed by atoms with E-state index in [1.807, 2.05) is 56.3 Å². The van der Waals surface area contributed by atoms with E-state index in [4.69, 9.17) is 4.74 Å². The first-order chi connectivity index (χ1) is 17.3. The molecular weight excluding hydrogens is 470 g/mol. The predicted molar refractivity (Wildman–Crippen MR) is 140 cm³/mol. The lowest BCUT2D eigenvalue weighted by Crippen LogP contribution is -2.68. The maximum absolute atomic E-state index is 14.2. The third-order valence-electron chi connectivity index (χ3n) is 8.98. The zero-order chi connectivity index (χ0) is 27.2. The second kappa shape index (κ2) is 10.0. The highest BCUT2D eigenvalue weighted by Crippen LogP contribution is 2.60. The Labute approximate surface area is 219 Å². The van der Waals surface area contributed by atoms with Gasteiger partial charge in [-0.2, -0.15) is 0 Å². The first-order valence-corrected chi connectivity index (χ1v) is 13.3. The number of nitrogens with one attached hydrogen (secondary N) is 1. The van der Waals surface area contributed by atoms with E-state index in [0.717, 1.165) is 5.56 Å². The van der Waals surface area contributed by atoms with Gasteiger partial charge in [0.2, 0.25) is 5.91 Å². The first kappa shape index (κ1) is 27.6. The van der Waals surface area contributed by atoms with Crippen LogP contribution in [0, 0.1) is 29.1 Å². The van der Waals surface area contributed by atoms with Crippen LogP contribution in [0.5, 0.6) is 0 Å². The van der Waals surface area contributed by atoms with E-state index >= 15 is 0 Å². The van der Waals surface area contributed by atoms with E-state index in [1.54, 1.807) is 26.0 Å². The maximum Gasteiger partial charge on any atom is 0.303 e. The van der Waals surface area contributed by atoms with Crippen LogP contribution in [0.1, 0.15) is 53.0 Å². The monoisotopic (exact) mass is 511 g/mol. The Kier molecular flexibility index (Phi) is 7.45. The highest BCUT2D eigenvalue weighted by Gasteiger charge is 2.72. The summed E-state index contributed by atoms with van der Waals surface area (Å²) in [6.45, 7) is 8.50. The fourth-order valence-electron chi connectivity index (χ4n) is 7.16. The van der Waals surface area contributed by atoms with Crippen LogP contribution in [-0.4, -0.2) is 56.6 Å². The zero-order valence-corrected chi connectivity index (χ0v) is 22.4. The molecule has 202 valence electrons. The molecule has 0 radical (unpaired) electrons. The number of carbonyl (C=O) groups is 2. The fraction of sp³-hybridized carbons (Fsp3) is 0.600. The molecule has 7 heteroatoms. The quantitative estimate of drug-likeness (QED) is 0.366. The summed E-state index contributed by atoms with van der Waals surface area (Å²) < 4.78 is 5.87. The summed E-state index contributed by atoms with van der Waals surface area (Å²) in [6, 6.07) is 9.44. The highest BCUT2D eigenvalue weighted by atomic mass is 16.5. The number of allylic oxidation sites excluding steroid dienone is 1. The molecule has 1 aromatic rings. The third-order valence-corrected chi connectivity index (χ3v) is 8.98. The molecule has 0 unspecified atom stereocenters. The number of aliphatic hydroxyl groups is 3. The number of esters is 1. The van der Waals surface area contributed by atoms with Gasteiger partial charge in [0.05, 0.1) is 17.3 Å². The van der Waals surface area contributed by atoms with Gasteiger partial charge in [-0.05, 0) is 56.6 Å². The molecule has 3 aliphatic rings. The van der Waals surface area contributed by atoms with Gasteiger partial charge in [0, 0.05) is 24.8 Å². The second-order valence-corrected chi connectivity index (χ2v) is 11.9. The van der Waals surface area contributed by atoms with E-state index in [-0.39, 0.29) is 17.9 Å². The molecule has 2 fully saturated rings. The second-order valence-electron chi connectivity index (χ2n) is 11.9. The molecule has 0 aromatic heterocycles. The van der Waals surface area contributed by atoms with E-state index in [2.05, 4.69) is 5.32 Å². The van der Waals surface area contributed by atoms with Crippen LogP contribution >= 0.6 is 0 Å². The standard InChI is InChI=1S/C30H41NO6/c1-18-10-9-13-22-26(33)29(5,36)19(2)25-23(16-21-11-7-6-8-12-21)31-27(34)30(22,25)24(37-20(3)32)14-15-28(4,35)17-18/h6-9,11-15,18-19,22-26,33,35-36H,10,16-17H2,1-5H3,(H,31,34)/b13-9-,15-14-/t18-,19-,22-,23-,24+,25-,26-,28-,29-,30+/m0/s1. The number of carbonyl (C=O) groups excluding carboxylic acids is 2. The summed E-state index contributed by atoms with van der Waals surface area (Å²) in [6.07, 6.45) is 6.27. The first-order valence-electron chi connectivity index (χ1n) is 13.3. The largest absolute Gasteiger partial charge is 0.457 e. The molecule has 1 spiro atoms. The van der Waals surface area contributed by atoms with Gasteiger partial charge in [-0.3, -0.25) is 9.59 Å². The number of hydrogen-bond donors (Lipinski definition) is 4. The van der Waals surface area contributed by atoms with Crippen molar-refractivity contribution in [2.24, 2.45) is 29.1 Å². The lowest BCUT2D eigenvalue weighted by molar-refractivity contribution is -0.217. The Morgan fingerprint density at radius 3 is 2.46 bits per heavy atom. The normalized spacial score (nSPS) is 45.5. The van der Waals surface area contributed by atoms with Gasteiger partial charge in [0.25, 0.3) is 0 Å². The van der Waals surface area contributed by atoms with E-state index in [1.165, 1.54) is 6.92 Å². The van der Waals surface area contributed by atoms with Crippen LogP contribution < -0.4 is 5.32 Å². The molecule has 37 heavy (non-hydrogen) atoms. The minimum Gasteiger partial charge on any atom is -0.457 e. The van der Waals surface area contributed by atoms with Crippen molar-refractivity contribution < 1.29 is 29.6 Å². The van der Waals surface area contributed by atoms with Gasteiger partial charge >= 0.3 is 5.97 Å². The average molecular weight is 512 g/mol. The Balaban J connectivity index is 1.95. The van der Waals surface area contributed by atoms with Crippen LogP contribution in [0.25, 0.3) is 0 Å². The third kappa shape index (κ3) is 4.89. The lowest BCUT2D eigenvalue weighted by atomic mass is 9.48. The van der Waals surface area contributed by atoms with Crippen LogP contribution in [0.15, 0.2) is 54.6 Å². The van der Waals surface area contributed by atoms with Crippen molar-refractivity contribution in [3.63, 3.8) is 0 Å². The summed E-state index contributed by atoms with van der Waals surface area (Å²) in [5.41, 5.74) is -3.03. The number of aliphatic hydroxyl groups excluding tert-OH is 1. The van der Waals surface area contributed by atoms with E-state index in [0.29, 0.717) is 19.3 Å². The van der Waals surface area contributed by atoms with Gasteiger partial charge in [-0.25, -0.2) is 0 Å². The van der Waals surface area contributed by atoms with Gasteiger partial charge in [-0.1, -0.05) is 62.4 Å². The molecule has 0 bridgehead atoms. The van der Waals surface area contributed by atoms with Gasteiger partial charge in [0.1, 0.15) is 11.5 Å². The Hall–Kier alpha value is -2.48. The van der Waals surface area contributed by atoms with Crippen molar-refractivity contribution in [1.82, 2.24) is 5.32 Å². The predicted octanol–water partition coefficient (Wildman–Crippen LogP) is 2.93. The van der Waals surface area contributed by atoms with Gasteiger partial charge in [-0.15, -0.1) is 0 Å². The summed E-state index contributed by atoms with van der Waals surface area (Å²) in [7, 11) is 0. The number of hydrogen-bond acceptors (Lipinski definition) is 6. The molecule has 1 saturated heterocycles. The number of benzene rings is 1. The van der Waals surface area contributed by atoms with Gasteiger partial charge < -0.3 is 25.4 Å². The van der Waals surface area contributed by atoms with E-state index in [9.17, 15) is 24.9 Å². The van der Waals surface area contributed by atoms with Crippen molar-refractivity contribution in [2.75, 3.05) is 0 Å². The molecule has 1 saturated carbocycles. The molecule has 4 rings (SSSR count). The van der Waals surface area contributed by atoms with Crippen molar-refractivity contribution in [1.29, 1.82) is 0 Å². The summed E-state index contributed by atoms with van der Waals surface area (Å²) >= 11 is 0. The molecular formula is C30H41NO6. The zero-order valence-electron chi connectivity index (χ0n) is 22.4. The number of amides is 1. The minimum atomic E-state index is -1.49. The molecule has 7 nitrogen and oxygen atoms in total. The highest BCUT2D eigenvalue weighted by molar-refractivity contribution is 5.89. The SMILES string of the molecule is CC(=O)O[C@@H]1/C=C\[C@](C)(O)C[C@@H](C)C/C=C\[C@H]2[C@H](O)[C@@](C)(O)[C@@H](C)[C@H]3[C@H](Cc4ccccc4)NC(=O)[C@@]312. The number of rotatable bonds is 3. The molecule has 2 aliphatic carbocycles. The van der Waals surface area contributed by atoms with Crippen LogP contribution in [-0.2, 0) is 20.7 Å². The summed E-state index contributed by atoms with van der Waals surface area (Å²) in [5.74, 6) is -2.59. The summed E-state index contributed by atoms with van der Waals surface area (Å²) in [4.78, 5) is 26.6. The minimum absolute atomic E-state index is 0.122. The molecule has 1 amide bonds. The Morgan fingerprint density at radius 1 is 1.14 bits per heavy atom. The van der Waals surface area contributed by atoms with Crippen LogP contribution in [0.4, 0.5) is 0 Å². The molecule has 10 atom stereocenters. The fourth-order valence-corrected chi connectivity index (χ4v) is 7.16. The van der Waals surface area contributed by atoms with Crippen molar-refractivity contribution >= 4 is 11.9 Å². The molecule has 1 heterocycles. The maximum atomic E-state index is 14.2. The van der Waals surface area contributed by atoms with Crippen molar-refractivity contribution in [2.45, 2.75) is 83.3 Å². The smallest absolute Gasteiger partial charge is 0.303 e. The lowest BCUT2D eigenvalue weighted by Gasteiger charge is -2.57. The van der Waals surface area contributed by atoms with Crippen LogP contribution in [0.3, 0.4) is 0 Å². The Bertz CT molecular complexity index is 1060. The van der Waals surface area contributed by atoms with Gasteiger partial charge in [0.15, 0.2) is 0 Å². The average Bonchev–Trinajstić information content (AvgIpc) is 3.08. The van der Waals surface area contributed by atoms with Crippen LogP contribution in [0.2, 0.25) is 0 Å². The topological polar surface area (TPSA) is 116 Å². The molecule has 1 aromatic carbocycles. The molecule has 4 N–H and O–H groups in total. The van der Waals surface area contributed by atoms with Crippen molar-refractivity contribution in [3.05, 3.63) is 60.2 Å². The number of ether oxygens (including phenoxy) is 1.